The second kappa shape index (κ2) is 4.89. The van der Waals surface area contributed by atoms with Crippen LogP contribution in [-0.2, 0) is 0 Å². The molecular weight excluding hydrogens is 220 g/mol. The van der Waals surface area contributed by atoms with Crippen LogP contribution in [0.15, 0.2) is 29.2 Å². The maximum absolute atomic E-state index is 12.2. The van der Waals surface area contributed by atoms with Gasteiger partial charge in [0.05, 0.1) is 5.56 Å². The first-order chi connectivity index (χ1) is 7.72. The van der Waals surface area contributed by atoms with Gasteiger partial charge in [0.15, 0.2) is 0 Å². The number of amides is 1. The number of thioether (sulfide) groups is 1. The van der Waals surface area contributed by atoms with Crippen molar-refractivity contribution in [1.82, 2.24) is 4.90 Å². The lowest BCUT2D eigenvalue weighted by molar-refractivity contribution is 0.0787. The molecule has 1 aliphatic rings. The summed E-state index contributed by atoms with van der Waals surface area (Å²) in [5, 5.41) is 0. The molecule has 1 aromatic carbocycles. The number of benzene rings is 1. The molecule has 86 valence electrons. The minimum absolute atomic E-state index is 0.109. The SMILES string of the molecule is CSc1ccccc1C(=O)N1CCC(N)C1. The highest BCUT2D eigenvalue weighted by atomic mass is 32.2. The summed E-state index contributed by atoms with van der Waals surface area (Å²) in [4.78, 5) is 15.1. The largest absolute Gasteiger partial charge is 0.337 e. The number of carbonyl (C=O) groups is 1. The van der Waals surface area contributed by atoms with Crippen LogP contribution in [0.2, 0.25) is 0 Å². The predicted octanol–water partition coefficient (Wildman–Crippen LogP) is 1.58. The number of nitrogens with zero attached hydrogens (tertiary/aromatic N) is 1. The van der Waals surface area contributed by atoms with Crippen LogP contribution in [0, 0.1) is 0 Å². The van der Waals surface area contributed by atoms with Crippen LogP contribution in [0.5, 0.6) is 0 Å². The molecule has 2 rings (SSSR count). The van der Waals surface area contributed by atoms with Crippen LogP contribution in [0.25, 0.3) is 0 Å². The second-order valence-corrected chi connectivity index (χ2v) is 4.85. The Morgan fingerprint density at radius 1 is 1.50 bits per heavy atom. The van der Waals surface area contributed by atoms with E-state index in [1.54, 1.807) is 11.8 Å². The van der Waals surface area contributed by atoms with Gasteiger partial charge in [-0.05, 0) is 24.8 Å². The lowest BCUT2D eigenvalue weighted by Crippen LogP contribution is -2.32. The van der Waals surface area contributed by atoms with Gasteiger partial charge < -0.3 is 10.6 Å². The zero-order valence-electron chi connectivity index (χ0n) is 9.35. The van der Waals surface area contributed by atoms with Crippen molar-refractivity contribution in [3.63, 3.8) is 0 Å². The molecule has 1 heterocycles. The van der Waals surface area contributed by atoms with Gasteiger partial charge in [0, 0.05) is 24.0 Å². The standard InChI is InChI=1S/C12H16N2OS/c1-16-11-5-3-2-4-10(11)12(15)14-7-6-9(13)8-14/h2-5,9H,6-8,13H2,1H3. The number of hydrogen-bond acceptors (Lipinski definition) is 3. The van der Waals surface area contributed by atoms with Crippen LogP contribution in [0.1, 0.15) is 16.8 Å². The molecule has 1 atom stereocenters. The Bertz CT molecular complexity index is 394. The molecule has 3 nitrogen and oxygen atoms in total. The van der Waals surface area contributed by atoms with Crippen LogP contribution in [-0.4, -0.2) is 36.2 Å². The van der Waals surface area contributed by atoms with Crippen molar-refractivity contribution in [1.29, 1.82) is 0 Å². The van der Waals surface area contributed by atoms with Crippen molar-refractivity contribution in [2.45, 2.75) is 17.4 Å². The maximum atomic E-state index is 12.2. The molecule has 0 spiro atoms. The number of likely N-dealkylation sites (tertiary alicyclic amines) is 1. The van der Waals surface area contributed by atoms with E-state index in [1.807, 2.05) is 35.4 Å². The molecule has 1 saturated heterocycles. The Kier molecular flexibility index (Phi) is 3.51. The topological polar surface area (TPSA) is 46.3 Å². The van der Waals surface area contributed by atoms with Gasteiger partial charge >= 0.3 is 0 Å². The maximum Gasteiger partial charge on any atom is 0.255 e. The Morgan fingerprint density at radius 3 is 2.88 bits per heavy atom. The summed E-state index contributed by atoms with van der Waals surface area (Å²) in [5.74, 6) is 0.109. The molecule has 1 unspecified atom stereocenters. The first-order valence-electron chi connectivity index (χ1n) is 5.40. The Hall–Kier alpha value is -1.00. The van der Waals surface area contributed by atoms with Crippen LogP contribution < -0.4 is 5.73 Å². The van der Waals surface area contributed by atoms with Crippen LogP contribution in [0.4, 0.5) is 0 Å². The van der Waals surface area contributed by atoms with Gasteiger partial charge in [-0.3, -0.25) is 4.79 Å². The summed E-state index contributed by atoms with van der Waals surface area (Å²) in [6.07, 6.45) is 2.90. The third-order valence-electron chi connectivity index (χ3n) is 2.85. The fourth-order valence-corrected chi connectivity index (χ4v) is 2.55. The van der Waals surface area contributed by atoms with Gasteiger partial charge in [-0.2, -0.15) is 0 Å². The molecule has 0 radical (unpaired) electrons. The molecule has 1 fully saturated rings. The summed E-state index contributed by atoms with van der Waals surface area (Å²) < 4.78 is 0. The van der Waals surface area contributed by atoms with Crippen molar-refractivity contribution in [3.05, 3.63) is 29.8 Å². The van der Waals surface area contributed by atoms with Gasteiger partial charge in [-0.15, -0.1) is 11.8 Å². The first-order valence-corrected chi connectivity index (χ1v) is 6.62. The molecule has 0 aromatic heterocycles. The van der Waals surface area contributed by atoms with Gasteiger partial charge in [0.25, 0.3) is 5.91 Å². The molecule has 0 bridgehead atoms. The number of rotatable bonds is 2. The zero-order chi connectivity index (χ0) is 11.5. The zero-order valence-corrected chi connectivity index (χ0v) is 10.2. The summed E-state index contributed by atoms with van der Waals surface area (Å²) in [6.45, 7) is 1.46. The van der Waals surface area contributed by atoms with Crippen molar-refractivity contribution in [2.75, 3.05) is 19.3 Å². The van der Waals surface area contributed by atoms with E-state index in [9.17, 15) is 4.79 Å². The van der Waals surface area contributed by atoms with E-state index < -0.39 is 0 Å². The molecule has 4 heteroatoms. The van der Waals surface area contributed by atoms with Gasteiger partial charge in [-0.1, -0.05) is 12.1 Å². The van der Waals surface area contributed by atoms with Crippen molar-refractivity contribution >= 4 is 17.7 Å². The normalized spacial score (nSPS) is 20.1. The Balaban J connectivity index is 2.20. The molecule has 2 N–H and O–H groups in total. The predicted molar refractivity (Wildman–Crippen MR) is 66.7 cm³/mol. The van der Waals surface area contributed by atoms with E-state index in [-0.39, 0.29) is 11.9 Å². The monoisotopic (exact) mass is 236 g/mol. The summed E-state index contributed by atoms with van der Waals surface area (Å²) in [5.41, 5.74) is 6.61. The highest BCUT2D eigenvalue weighted by molar-refractivity contribution is 7.98. The van der Waals surface area contributed by atoms with Gasteiger partial charge in [-0.25, -0.2) is 0 Å². The lowest BCUT2D eigenvalue weighted by atomic mass is 10.2. The fraction of sp³-hybridized carbons (Fsp3) is 0.417. The van der Waals surface area contributed by atoms with Crippen LogP contribution >= 0.6 is 11.8 Å². The highest BCUT2D eigenvalue weighted by Gasteiger charge is 2.25. The number of nitrogens with two attached hydrogens (primary N) is 1. The minimum atomic E-state index is 0.109. The molecular formula is C12H16N2OS. The van der Waals surface area contributed by atoms with Crippen molar-refractivity contribution < 1.29 is 4.79 Å². The van der Waals surface area contributed by atoms with Gasteiger partial charge in [0.1, 0.15) is 0 Å². The van der Waals surface area contributed by atoms with E-state index in [1.165, 1.54) is 0 Å². The number of carbonyl (C=O) groups excluding carboxylic acids is 1. The summed E-state index contributed by atoms with van der Waals surface area (Å²) >= 11 is 1.60. The average Bonchev–Trinajstić information content (AvgIpc) is 2.75. The van der Waals surface area contributed by atoms with Crippen molar-refractivity contribution in [3.8, 4) is 0 Å². The van der Waals surface area contributed by atoms with Gasteiger partial charge in [0.2, 0.25) is 0 Å². The first kappa shape index (κ1) is 11.5. The second-order valence-electron chi connectivity index (χ2n) is 4.00. The lowest BCUT2D eigenvalue weighted by Gasteiger charge is -2.17. The fourth-order valence-electron chi connectivity index (χ4n) is 1.96. The highest BCUT2D eigenvalue weighted by Crippen LogP contribution is 2.22. The molecule has 16 heavy (non-hydrogen) atoms. The quantitative estimate of drug-likeness (QED) is 0.793. The van der Waals surface area contributed by atoms with E-state index in [2.05, 4.69) is 0 Å². The third-order valence-corrected chi connectivity index (χ3v) is 3.65. The third kappa shape index (κ3) is 2.23. The minimum Gasteiger partial charge on any atom is -0.337 e. The van der Waals surface area contributed by atoms with E-state index in [4.69, 9.17) is 5.73 Å². The average molecular weight is 236 g/mol. The molecule has 1 aromatic rings. The van der Waals surface area contributed by atoms with E-state index in [0.29, 0.717) is 6.54 Å². The van der Waals surface area contributed by atoms with Crippen LogP contribution in [0.3, 0.4) is 0 Å². The Morgan fingerprint density at radius 2 is 2.25 bits per heavy atom. The Labute approximate surface area is 100.0 Å². The van der Waals surface area contributed by atoms with E-state index in [0.717, 1.165) is 23.4 Å². The molecule has 0 saturated carbocycles. The summed E-state index contributed by atoms with van der Waals surface area (Å²) in [7, 11) is 0. The molecule has 1 aliphatic heterocycles. The number of hydrogen-bond donors (Lipinski definition) is 1. The molecule has 1 amide bonds. The smallest absolute Gasteiger partial charge is 0.255 e. The van der Waals surface area contributed by atoms with Crippen molar-refractivity contribution in [2.24, 2.45) is 5.73 Å². The molecule has 0 aliphatic carbocycles. The summed E-state index contributed by atoms with van der Waals surface area (Å²) in [6, 6.07) is 7.87. The van der Waals surface area contributed by atoms with E-state index >= 15 is 0 Å².